The molecule has 2 saturated heterocycles. The zero-order chi connectivity index (χ0) is 13.1. The van der Waals surface area contributed by atoms with E-state index in [-0.39, 0.29) is 30.8 Å². The van der Waals surface area contributed by atoms with Crippen LogP contribution in [0, 0.1) is 5.92 Å². The molecule has 0 aromatic rings. The first-order valence-electron chi connectivity index (χ1n) is 6.91. The molecule has 4 unspecified atom stereocenters. The van der Waals surface area contributed by atoms with Gasteiger partial charge in [0.2, 0.25) is 0 Å². The number of carbonyl (C=O) groups is 1. The van der Waals surface area contributed by atoms with Gasteiger partial charge in [0.25, 0.3) is 0 Å². The number of carbonyl (C=O) groups excluding carboxylic acids is 1. The van der Waals surface area contributed by atoms with Crippen molar-refractivity contribution >= 4 is 6.03 Å². The molecule has 0 aliphatic carbocycles. The number of fused-ring (bicyclic) bond motifs is 2. The molecule has 0 saturated carbocycles. The number of urea groups is 1. The molecule has 5 nitrogen and oxygen atoms in total. The van der Waals surface area contributed by atoms with Gasteiger partial charge in [0.1, 0.15) is 0 Å². The second-order valence-electron chi connectivity index (χ2n) is 5.84. The maximum atomic E-state index is 11.8. The van der Waals surface area contributed by atoms with Crippen LogP contribution >= 0.6 is 0 Å². The van der Waals surface area contributed by atoms with Crippen LogP contribution in [0.4, 0.5) is 4.79 Å². The van der Waals surface area contributed by atoms with Crippen molar-refractivity contribution < 1.29 is 14.6 Å². The molecule has 0 spiro atoms. The SMILES string of the molecule is CC(C)CC(CO)NC(=O)NC1CC2CCC1O2. The molecule has 2 amide bonds. The summed E-state index contributed by atoms with van der Waals surface area (Å²) in [5, 5.41) is 15.0. The van der Waals surface area contributed by atoms with Crippen molar-refractivity contribution in [1.82, 2.24) is 10.6 Å². The van der Waals surface area contributed by atoms with Crippen molar-refractivity contribution in [3.05, 3.63) is 0 Å². The molecule has 0 aromatic heterocycles. The van der Waals surface area contributed by atoms with Crippen LogP contribution < -0.4 is 10.6 Å². The maximum Gasteiger partial charge on any atom is 0.315 e. The van der Waals surface area contributed by atoms with E-state index in [9.17, 15) is 9.90 Å². The molecular formula is C13H24N2O3. The summed E-state index contributed by atoms with van der Waals surface area (Å²) in [6, 6.07) is -0.206. The second kappa shape index (κ2) is 5.89. The summed E-state index contributed by atoms with van der Waals surface area (Å²) in [6.07, 6.45) is 4.41. The number of ether oxygens (including phenoxy) is 1. The van der Waals surface area contributed by atoms with E-state index in [4.69, 9.17) is 4.74 Å². The fourth-order valence-corrected chi connectivity index (χ4v) is 2.93. The van der Waals surface area contributed by atoms with Gasteiger partial charge in [-0.05, 0) is 31.6 Å². The fourth-order valence-electron chi connectivity index (χ4n) is 2.93. The minimum absolute atomic E-state index is 0.0151. The van der Waals surface area contributed by atoms with E-state index in [1.165, 1.54) is 0 Å². The summed E-state index contributed by atoms with van der Waals surface area (Å²) in [7, 11) is 0. The molecule has 2 rings (SSSR count). The minimum atomic E-state index is -0.184. The Balaban J connectivity index is 1.74. The largest absolute Gasteiger partial charge is 0.394 e. The lowest BCUT2D eigenvalue weighted by atomic mass is 9.96. The quantitative estimate of drug-likeness (QED) is 0.687. The summed E-state index contributed by atoms with van der Waals surface area (Å²) in [4.78, 5) is 11.8. The van der Waals surface area contributed by atoms with Crippen molar-refractivity contribution in [2.24, 2.45) is 5.92 Å². The third-order valence-electron chi connectivity index (χ3n) is 3.73. The first kappa shape index (κ1) is 13.6. The van der Waals surface area contributed by atoms with Crippen LogP contribution in [0.25, 0.3) is 0 Å². The van der Waals surface area contributed by atoms with Gasteiger partial charge in [0.05, 0.1) is 30.9 Å². The Labute approximate surface area is 108 Å². The number of hydrogen-bond donors (Lipinski definition) is 3. The topological polar surface area (TPSA) is 70.6 Å². The summed E-state index contributed by atoms with van der Waals surface area (Å²) < 4.78 is 5.69. The minimum Gasteiger partial charge on any atom is -0.394 e. The number of amides is 2. The highest BCUT2D eigenvalue weighted by Gasteiger charge is 2.41. The average molecular weight is 256 g/mol. The summed E-state index contributed by atoms with van der Waals surface area (Å²) in [5.74, 6) is 0.452. The van der Waals surface area contributed by atoms with E-state index in [1.54, 1.807) is 0 Å². The number of rotatable bonds is 5. The smallest absolute Gasteiger partial charge is 0.315 e. The van der Waals surface area contributed by atoms with Gasteiger partial charge in [-0.1, -0.05) is 13.8 Å². The monoisotopic (exact) mass is 256 g/mol. The number of hydrogen-bond acceptors (Lipinski definition) is 3. The van der Waals surface area contributed by atoms with E-state index in [0.717, 1.165) is 25.7 Å². The predicted molar refractivity (Wildman–Crippen MR) is 68.3 cm³/mol. The van der Waals surface area contributed by atoms with Crippen molar-refractivity contribution in [1.29, 1.82) is 0 Å². The molecule has 0 aromatic carbocycles. The lowest BCUT2D eigenvalue weighted by molar-refractivity contribution is 0.0979. The molecule has 5 heteroatoms. The summed E-state index contributed by atoms with van der Waals surface area (Å²) in [6.45, 7) is 4.14. The summed E-state index contributed by atoms with van der Waals surface area (Å²) >= 11 is 0. The third-order valence-corrected chi connectivity index (χ3v) is 3.73. The molecule has 0 radical (unpaired) electrons. The van der Waals surface area contributed by atoms with Crippen molar-refractivity contribution in [2.45, 2.75) is 63.8 Å². The van der Waals surface area contributed by atoms with Crippen LogP contribution in [0.1, 0.15) is 39.5 Å². The predicted octanol–water partition coefficient (Wildman–Crippen LogP) is 1.01. The standard InChI is InChI=1S/C13H24N2O3/c1-8(2)5-9(7-16)14-13(17)15-11-6-10-3-4-12(11)18-10/h8-12,16H,3-7H2,1-2H3,(H2,14,15,17). The fraction of sp³-hybridized carbons (Fsp3) is 0.923. The number of aliphatic hydroxyl groups excluding tert-OH is 1. The van der Waals surface area contributed by atoms with E-state index in [2.05, 4.69) is 24.5 Å². The van der Waals surface area contributed by atoms with Gasteiger partial charge in [-0.3, -0.25) is 0 Å². The zero-order valence-electron chi connectivity index (χ0n) is 11.2. The van der Waals surface area contributed by atoms with Gasteiger partial charge >= 0.3 is 6.03 Å². The Bertz CT molecular complexity index is 296. The average Bonchev–Trinajstić information content (AvgIpc) is 2.89. The molecule has 4 atom stereocenters. The normalized spacial score (nSPS) is 31.7. The Hall–Kier alpha value is -0.810. The van der Waals surface area contributed by atoms with Crippen molar-refractivity contribution in [3.8, 4) is 0 Å². The van der Waals surface area contributed by atoms with Crippen LogP contribution in [0.2, 0.25) is 0 Å². The lowest BCUT2D eigenvalue weighted by Gasteiger charge is -2.23. The molecule has 2 fully saturated rings. The van der Waals surface area contributed by atoms with Crippen LogP contribution in [0.5, 0.6) is 0 Å². The molecule has 2 heterocycles. The van der Waals surface area contributed by atoms with Gasteiger partial charge < -0.3 is 20.5 Å². The van der Waals surface area contributed by atoms with Crippen molar-refractivity contribution in [3.63, 3.8) is 0 Å². The van der Waals surface area contributed by atoms with Gasteiger partial charge in [-0.2, -0.15) is 0 Å². The van der Waals surface area contributed by atoms with Crippen molar-refractivity contribution in [2.75, 3.05) is 6.61 Å². The zero-order valence-corrected chi connectivity index (χ0v) is 11.2. The molecule has 104 valence electrons. The molecule has 3 N–H and O–H groups in total. The maximum absolute atomic E-state index is 11.8. The molecule has 2 aliphatic rings. The lowest BCUT2D eigenvalue weighted by Crippen LogP contribution is -2.50. The van der Waals surface area contributed by atoms with E-state index >= 15 is 0 Å². The van der Waals surface area contributed by atoms with Crippen LogP contribution in [-0.2, 0) is 4.74 Å². The Morgan fingerprint density at radius 1 is 1.44 bits per heavy atom. The highest BCUT2D eigenvalue weighted by Crippen LogP contribution is 2.34. The third kappa shape index (κ3) is 3.36. The second-order valence-corrected chi connectivity index (χ2v) is 5.84. The van der Waals surface area contributed by atoms with E-state index in [0.29, 0.717) is 12.0 Å². The molecule has 2 bridgehead atoms. The van der Waals surface area contributed by atoms with Gasteiger partial charge in [0, 0.05) is 0 Å². The first-order chi connectivity index (χ1) is 8.58. The Morgan fingerprint density at radius 3 is 2.72 bits per heavy atom. The van der Waals surface area contributed by atoms with Crippen LogP contribution in [0.15, 0.2) is 0 Å². The van der Waals surface area contributed by atoms with Gasteiger partial charge in [-0.25, -0.2) is 4.79 Å². The summed E-state index contributed by atoms with van der Waals surface area (Å²) in [5.41, 5.74) is 0. The van der Waals surface area contributed by atoms with Gasteiger partial charge in [-0.15, -0.1) is 0 Å². The highest BCUT2D eigenvalue weighted by molar-refractivity contribution is 5.74. The highest BCUT2D eigenvalue weighted by atomic mass is 16.5. The van der Waals surface area contributed by atoms with Gasteiger partial charge in [0.15, 0.2) is 0 Å². The van der Waals surface area contributed by atoms with E-state index in [1.807, 2.05) is 0 Å². The van der Waals surface area contributed by atoms with Crippen LogP contribution in [-0.4, -0.2) is 42.0 Å². The Kier molecular flexibility index (Phi) is 4.45. The number of aliphatic hydroxyl groups is 1. The Morgan fingerprint density at radius 2 is 2.22 bits per heavy atom. The molecule has 18 heavy (non-hydrogen) atoms. The first-order valence-corrected chi connectivity index (χ1v) is 6.91. The number of nitrogens with one attached hydrogen (secondary N) is 2. The van der Waals surface area contributed by atoms with E-state index < -0.39 is 0 Å². The van der Waals surface area contributed by atoms with Crippen LogP contribution in [0.3, 0.4) is 0 Å². The molecular weight excluding hydrogens is 232 g/mol. The molecule has 2 aliphatic heterocycles.